The molecule has 1 aliphatic rings. The second-order valence-corrected chi connectivity index (χ2v) is 9.69. The lowest BCUT2D eigenvalue weighted by Gasteiger charge is -2.23. The normalized spacial score (nSPS) is 14.7. The Morgan fingerprint density at radius 1 is 1.22 bits per heavy atom. The largest absolute Gasteiger partial charge is 0.494 e. The Morgan fingerprint density at radius 3 is 2.61 bits per heavy atom. The third-order valence-electron chi connectivity index (χ3n) is 7.17. The molecule has 1 aliphatic carbocycles. The molecule has 1 N–H and O–H groups in total. The summed E-state index contributed by atoms with van der Waals surface area (Å²) >= 11 is 0. The van der Waals surface area contributed by atoms with Gasteiger partial charge < -0.3 is 19.5 Å². The molecule has 1 heterocycles. The van der Waals surface area contributed by atoms with Crippen LogP contribution in [0.5, 0.6) is 5.75 Å². The summed E-state index contributed by atoms with van der Waals surface area (Å²) in [6, 6.07) is 7.81. The zero-order chi connectivity index (χ0) is 26.0. The molecule has 9 heteroatoms. The quantitative estimate of drug-likeness (QED) is 0.483. The minimum atomic E-state index is -0.906. The maximum Gasteiger partial charge on any atom is 0.410 e. The second-order valence-electron chi connectivity index (χ2n) is 9.69. The number of methoxy groups -OCH3 is 1. The SMILES string of the molecule is COc1cc(C(CC(=O)O)c2ccc(C)c(CN(C)C(=O)OC3CCCC3)c2)c(C)c2nnn(C)c12. The maximum atomic E-state index is 12.6. The van der Waals surface area contributed by atoms with Crippen LogP contribution < -0.4 is 4.74 Å². The lowest BCUT2D eigenvalue weighted by atomic mass is 9.84. The minimum absolute atomic E-state index is 0.00119. The molecule has 1 aromatic heterocycles. The van der Waals surface area contributed by atoms with Crippen molar-refractivity contribution in [2.75, 3.05) is 14.2 Å². The van der Waals surface area contributed by atoms with Crippen LogP contribution in [0.1, 0.15) is 65.8 Å². The number of benzene rings is 2. The molecule has 192 valence electrons. The second kappa shape index (κ2) is 10.6. The average molecular weight is 495 g/mol. The molecule has 0 spiro atoms. The molecule has 4 rings (SSSR count). The van der Waals surface area contributed by atoms with E-state index >= 15 is 0 Å². The highest BCUT2D eigenvalue weighted by Gasteiger charge is 2.26. The number of carboxylic acid groups (broad SMARTS) is 1. The molecular formula is C27H34N4O5. The van der Waals surface area contributed by atoms with Gasteiger partial charge in [-0.1, -0.05) is 23.4 Å². The Kier molecular flexibility index (Phi) is 7.47. The van der Waals surface area contributed by atoms with Crippen molar-refractivity contribution in [3.63, 3.8) is 0 Å². The molecule has 0 radical (unpaired) electrons. The zero-order valence-electron chi connectivity index (χ0n) is 21.6. The molecule has 1 saturated carbocycles. The van der Waals surface area contributed by atoms with Crippen molar-refractivity contribution in [3.05, 3.63) is 52.1 Å². The summed E-state index contributed by atoms with van der Waals surface area (Å²) < 4.78 is 12.9. The molecule has 1 unspecified atom stereocenters. The van der Waals surface area contributed by atoms with Gasteiger partial charge in [0.1, 0.15) is 22.9 Å². The van der Waals surface area contributed by atoms with Crippen molar-refractivity contribution in [1.29, 1.82) is 0 Å². The lowest BCUT2D eigenvalue weighted by molar-refractivity contribution is -0.137. The van der Waals surface area contributed by atoms with Gasteiger partial charge in [-0.3, -0.25) is 4.79 Å². The van der Waals surface area contributed by atoms with Crippen molar-refractivity contribution in [1.82, 2.24) is 19.9 Å². The smallest absolute Gasteiger partial charge is 0.410 e. The van der Waals surface area contributed by atoms with Crippen LogP contribution in [0.4, 0.5) is 4.79 Å². The molecule has 1 amide bonds. The van der Waals surface area contributed by atoms with Crippen LogP contribution in [0.2, 0.25) is 0 Å². The van der Waals surface area contributed by atoms with Crippen LogP contribution in [-0.4, -0.2) is 57.3 Å². The number of nitrogens with zero attached hydrogens (tertiary/aromatic N) is 4. The topological polar surface area (TPSA) is 107 Å². The third kappa shape index (κ3) is 5.15. The van der Waals surface area contributed by atoms with Crippen molar-refractivity contribution in [2.45, 2.75) is 64.5 Å². The fraction of sp³-hybridized carbons (Fsp3) is 0.481. The molecule has 3 aromatic rings. The Labute approximate surface area is 211 Å². The van der Waals surface area contributed by atoms with E-state index in [2.05, 4.69) is 10.3 Å². The van der Waals surface area contributed by atoms with Gasteiger partial charge in [-0.05, 0) is 73.4 Å². The van der Waals surface area contributed by atoms with Crippen LogP contribution >= 0.6 is 0 Å². The van der Waals surface area contributed by atoms with E-state index in [-0.39, 0.29) is 18.6 Å². The van der Waals surface area contributed by atoms with Crippen molar-refractivity contribution >= 4 is 23.1 Å². The summed E-state index contributed by atoms with van der Waals surface area (Å²) in [6.45, 7) is 4.29. The van der Waals surface area contributed by atoms with Gasteiger partial charge in [0.15, 0.2) is 0 Å². The highest BCUT2D eigenvalue weighted by Crippen LogP contribution is 2.38. The Balaban J connectivity index is 1.68. The van der Waals surface area contributed by atoms with Gasteiger partial charge in [0.25, 0.3) is 0 Å². The van der Waals surface area contributed by atoms with Crippen molar-refractivity contribution in [2.24, 2.45) is 7.05 Å². The first-order valence-corrected chi connectivity index (χ1v) is 12.3. The molecule has 9 nitrogen and oxygen atoms in total. The summed E-state index contributed by atoms with van der Waals surface area (Å²) in [5, 5.41) is 18.2. The standard InChI is InChI=1S/C27H34N4O5/c1-16-10-11-18(12-19(16)15-30(3)27(34)36-20-8-6-7-9-20)22(14-24(32)33)21-13-23(35-5)26-25(17(21)2)28-29-31(26)4/h10-13,20,22H,6-9,14-15H2,1-5H3,(H,32,33). The number of fused-ring (bicyclic) bond motifs is 1. The van der Waals surface area contributed by atoms with Gasteiger partial charge in [-0.2, -0.15) is 0 Å². The van der Waals surface area contributed by atoms with Gasteiger partial charge in [-0.25, -0.2) is 9.48 Å². The summed E-state index contributed by atoms with van der Waals surface area (Å²) in [7, 11) is 5.11. The van der Waals surface area contributed by atoms with Gasteiger partial charge in [-0.15, -0.1) is 5.10 Å². The number of carbonyl (C=O) groups is 2. The Morgan fingerprint density at radius 2 is 1.94 bits per heavy atom. The summed E-state index contributed by atoms with van der Waals surface area (Å²) in [6.07, 6.45) is 3.60. The van der Waals surface area contributed by atoms with E-state index < -0.39 is 11.9 Å². The number of hydrogen-bond acceptors (Lipinski definition) is 6. The maximum absolute atomic E-state index is 12.6. The van der Waals surface area contributed by atoms with Crippen LogP contribution in [0.3, 0.4) is 0 Å². The molecule has 1 atom stereocenters. The molecule has 0 aliphatic heterocycles. The molecule has 2 aromatic carbocycles. The average Bonchev–Trinajstić information content (AvgIpc) is 3.49. The van der Waals surface area contributed by atoms with E-state index in [4.69, 9.17) is 9.47 Å². The molecule has 0 saturated heterocycles. The lowest BCUT2D eigenvalue weighted by Crippen LogP contribution is -2.30. The number of ether oxygens (including phenoxy) is 2. The van der Waals surface area contributed by atoms with E-state index in [0.29, 0.717) is 17.8 Å². The number of rotatable bonds is 8. The van der Waals surface area contributed by atoms with Crippen LogP contribution in [0.15, 0.2) is 24.3 Å². The minimum Gasteiger partial charge on any atom is -0.494 e. The fourth-order valence-corrected chi connectivity index (χ4v) is 5.08. The van der Waals surface area contributed by atoms with E-state index in [0.717, 1.165) is 59.0 Å². The first-order chi connectivity index (χ1) is 17.2. The number of carbonyl (C=O) groups excluding carboxylic acids is 1. The van der Waals surface area contributed by atoms with Crippen molar-refractivity contribution in [3.8, 4) is 5.75 Å². The molecule has 0 bridgehead atoms. The molecule has 36 heavy (non-hydrogen) atoms. The first kappa shape index (κ1) is 25.5. The van der Waals surface area contributed by atoms with E-state index in [9.17, 15) is 14.7 Å². The monoisotopic (exact) mass is 494 g/mol. The fourth-order valence-electron chi connectivity index (χ4n) is 5.08. The third-order valence-corrected chi connectivity index (χ3v) is 7.17. The van der Waals surface area contributed by atoms with E-state index in [1.807, 2.05) is 38.1 Å². The number of amides is 1. The number of aromatic nitrogens is 3. The van der Waals surface area contributed by atoms with Crippen LogP contribution in [0, 0.1) is 13.8 Å². The number of hydrogen-bond donors (Lipinski definition) is 1. The zero-order valence-corrected chi connectivity index (χ0v) is 21.6. The highest BCUT2D eigenvalue weighted by atomic mass is 16.6. The van der Waals surface area contributed by atoms with E-state index in [1.54, 1.807) is 30.8 Å². The summed E-state index contributed by atoms with van der Waals surface area (Å²) in [4.78, 5) is 26.2. The number of aliphatic carboxylic acids is 1. The van der Waals surface area contributed by atoms with Gasteiger partial charge in [0, 0.05) is 26.6 Å². The van der Waals surface area contributed by atoms with Crippen LogP contribution in [0.25, 0.3) is 11.0 Å². The predicted octanol–water partition coefficient (Wildman–Crippen LogP) is 4.71. The number of aryl methyl sites for hydroxylation is 3. The summed E-state index contributed by atoms with van der Waals surface area (Å²) in [5.41, 5.74) is 5.95. The Hall–Kier alpha value is -3.62. The number of carboxylic acids is 1. The predicted molar refractivity (Wildman–Crippen MR) is 135 cm³/mol. The van der Waals surface area contributed by atoms with E-state index in [1.165, 1.54) is 0 Å². The molecule has 1 fully saturated rings. The highest BCUT2D eigenvalue weighted by molar-refractivity contribution is 5.86. The summed E-state index contributed by atoms with van der Waals surface area (Å²) in [5.74, 6) is -0.745. The van der Waals surface area contributed by atoms with Crippen molar-refractivity contribution < 1.29 is 24.2 Å². The van der Waals surface area contributed by atoms with Gasteiger partial charge >= 0.3 is 12.1 Å². The van der Waals surface area contributed by atoms with Gasteiger partial charge in [0.05, 0.1) is 13.5 Å². The Bertz CT molecular complexity index is 1280. The van der Waals surface area contributed by atoms with Crippen LogP contribution in [-0.2, 0) is 23.1 Å². The molecular weight excluding hydrogens is 460 g/mol. The first-order valence-electron chi connectivity index (χ1n) is 12.3. The van der Waals surface area contributed by atoms with Gasteiger partial charge in [0.2, 0.25) is 0 Å².